The Bertz CT molecular complexity index is 303. The Labute approximate surface area is 94.1 Å². The molecule has 0 unspecified atom stereocenters. The highest BCUT2D eigenvalue weighted by atomic mass is 16.4. The maximum atomic E-state index is 9.57. The molecule has 0 aliphatic carbocycles. The summed E-state index contributed by atoms with van der Waals surface area (Å²) in [6.45, 7) is 1.41. The maximum absolute atomic E-state index is 9.57. The molecule has 0 spiro atoms. The van der Waals surface area contributed by atoms with Crippen LogP contribution < -0.4 is 5.73 Å². The van der Waals surface area contributed by atoms with E-state index in [0.29, 0.717) is 0 Å². The molecule has 0 aliphatic heterocycles. The van der Waals surface area contributed by atoms with Gasteiger partial charge in [-0.3, -0.25) is 4.79 Å². The average molecular weight is 227 g/mol. The van der Waals surface area contributed by atoms with Crippen molar-refractivity contribution in [3.8, 4) is 0 Å². The van der Waals surface area contributed by atoms with Crippen LogP contribution in [0.3, 0.4) is 0 Å². The first-order valence-corrected chi connectivity index (χ1v) is 4.79. The Balaban J connectivity index is 0.000000325. The highest BCUT2D eigenvalue weighted by Crippen LogP contribution is 2.07. The Kier molecular flexibility index (Phi) is 7.11. The van der Waals surface area contributed by atoms with Gasteiger partial charge in [0.2, 0.25) is 0 Å². The van der Waals surface area contributed by atoms with Crippen LogP contribution in [-0.2, 0) is 18.0 Å². The first kappa shape index (κ1) is 14.6. The van der Waals surface area contributed by atoms with Crippen LogP contribution in [0.1, 0.15) is 18.1 Å². The Hall–Kier alpha value is -1.43. The third-order valence-corrected chi connectivity index (χ3v) is 1.85. The van der Waals surface area contributed by atoms with Gasteiger partial charge in [-0.25, -0.2) is 0 Å². The summed E-state index contributed by atoms with van der Waals surface area (Å²) in [5.74, 6) is -0.963. The van der Waals surface area contributed by atoms with Crippen LogP contribution in [0.15, 0.2) is 24.3 Å². The van der Waals surface area contributed by atoms with Gasteiger partial charge in [-0.1, -0.05) is 24.3 Å². The third-order valence-electron chi connectivity index (χ3n) is 1.85. The summed E-state index contributed by atoms with van der Waals surface area (Å²) >= 11 is 0. The zero-order chi connectivity index (χ0) is 12.6. The molecule has 1 rings (SSSR count). The molecule has 1 aromatic rings. The van der Waals surface area contributed by atoms with Crippen molar-refractivity contribution >= 4 is 5.97 Å². The molecule has 0 fully saturated rings. The van der Waals surface area contributed by atoms with Crippen LogP contribution in [0.4, 0.5) is 0 Å². The van der Waals surface area contributed by atoms with Gasteiger partial charge >= 0.3 is 5.97 Å². The smallest absolute Gasteiger partial charge is 0.320 e. The van der Waals surface area contributed by atoms with Gasteiger partial charge in [-0.2, -0.15) is 0 Å². The van der Waals surface area contributed by atoms with Crippen molar-refractivity contribution in [2.75, 3.05) is 0 Å². The SMILES string of the molecule is C[C@H](N)C(=O)O.OCc1ccccc1CO. The zero-order valence-corrected chi connectivity index (χ0v) is 9.13. The van der Waals surface area contributed by atoms with E-state index in [9.17, 15) is 4.79 Å². The van der Waals surface area contributed by atoms with Gasteiger partial charge in [0.15, 0.2) is 0 Å². The van der Waals surface area contributed by atoms with Crippen LogP contribution in [0.25, 0.3) is 0 Å². The van der Waals surface area contributed by atoms with E-state index in [1.165, 1.54) is 6.92 Å². The second kappa shape index (κ2) is 7.81. The van der Waals surface area contributed by atoms with Crippen molar-refractivity contribution in [2.45, 2.75) is 26.2 Å². The van der Waals surface area contributed by atoms with Gasteiger partial charge in [0, 0.05) is 0 Å². The van der Waals surface area contributed by atoms with Crippen molar-refractivity contribution in [3.63, 3.8) is 0 Å². The van der Waals surface area contributed by atoms with E-state index in [4.69, 9.17) is 21.1 Å². The molecule has 0 aliphatic rings. The van der Waals surface area contributed by atoms with Crippen LogP contribution in [0.5, 0.6) is 0 Å². The fourth-order valence-corrected chi connectivity index (χ4v) is 0.866. The Morgan fingerprint density at radius 2 is 1.56 bits per heavy atom. The van der Waals surface area contributed by atoms with Gasteiger partial charge in [0.05, 0.1) is 13.2 Å². The molecular weight excluding hydrogens is 210 g/mol. The lowest BCUT2D eigenvalue weighted by Gasteiger charge is -2.01. The van der Waals surface area contributed by atoms with Crippen LogP contribution in [0.2, 0.25) is 0 Å². The fraction of sp³-hybridized carbons (Fsp3) is 0.364. The van der Waals surface area contributed by atoms with Crippen molar-refractivity contribution in [3.05, 3.63) is 35.4 Å². The molecule has 1 atom stereocenters. The summed E-state index contributed by atoms with van der Waals surface area (Å²) in [5, 5.41) is 25.3. The number of benzene rings is 1. The van der Waals surface area contributed by atoms with Crippen LogP contribution in [0, 0.1) is 0 Å². The van der Waals surface area contributed by atoms with E-state index < -0.39 is 12.0 Å². The number of rotatable bonds is 3. The van der Waals surface area contributed by atoms with Gasteiger partial charge < -0.3 is 21.1 Å². The topological polar surface area (TPSA) is 104 Å². The van der Waals surface area contributed by atoms with Crippen molar-refractivity contribution in [1.29, 1.82) is 0 Å². The number of hydrogen-bond donors (Lipinski definition) is 4. The Morgan fingerprint density at radius 1 is 1.25 bits per heavy atom. The number of carboxylic acids is 1. The molecule has 16 heavy (non-hydrogen) atoms. The van der Waals surface area contributed by atoms with E-state index in [1.54, 1.807) is 12.1 Å². The van der Waals surface area contributed by atoms with E-state index in [2.05, 4.69) is 0 Å². The zero-order valence-electron chi connectivity index (χ0n) is 9.13. The highest BCUT2D eigenvalue weighted by molar-refractivity contribution is 5.72. The molecule has 0 heterocycles. The molecule has 0 amide bonds. The van der Waals surface area contributed by atoms with E-state index in [-0.39, 0.29) is 13.2 Å². The summed E-state index contributed by atoms with van der Waals surface area (Å²) in [6, 6.07) is 6.54. The number of aliphatic hydroxyl groups is 2. The van der Waals surface area contributed by atoms with Crippen LogP contribution >= 0.6 is 0 Å². The fourth-order valence-electron chi connectivity index (χ4n) is 0.866. The number of aliphatic carboxylic acids is 1. The molecule has 0 radical (unpaired) electrons. The quantitative estimate of drug-likeness (QED) is 0.586. The summed E-state index contributed by atoms with van der Waals surface area (Å²) < 4.78 is 0. The van der Waals surface area contributed by atoms with Gasteiger partial charge in [-0.15, -0.1) is 0 Å². The summed E-state index contributed by atoms with van der Waals surface area (Å²) in [4.78, 5) is 9.57. The van der Waals surface area contributed by atoms with Crippen molar-refractivity contribution in [2.24, 2.45) is 5.73 Å². The molecule has 90 valence electrons. The van der Waals surface area contributed by atoms with Gasteiger partial charge in [-0.05, 0) is 18.1 Å². The van der Waals surface area contributed by atoms with Crippen molar-refractivity contribution in [1.82, 2.24) is 0 Å². The molecule has 0 aromatic heterocycles. The number of hydrogen-bond acceptors (Lipinski definition) is 4. The van der Waals surface area contributed by atoms with Gasteiger partial charge in [0.25, 0.3) is 0 Å². The third kappa shape index (κ3) is 5.45. The molecule has 5 nitrogen and oxygen atoms in total. The Morgan fingerprint density at radius 3 is 1.75 bits per heavy atom. The molecule has 0 saturated heterocycles. The average Bonchev–Trinajstić information content (AvgIpc) is 2.29. The van der Waals surface area contributed by atoms with Gasteiger partial charge in [0.1, 0.15) is 6.04 Å². The van der Waals surface area contributed by atoms with E-state index >= 15 is 0 Å². The van der Waals surface area contributed by atoms with Crippen LogP contribution in [-0.4, -0.2) is 27.3 Å². The molecular formula is C11H17NO4. The molecule has 5 N–H and O–H groups in total. The largest absolute Gasteiger partial charge is 0.480 e. The maximum Gasteiger partial charge on any atom is 0.320 e. The lowest BCUT2D eigenvalue weighted by molar-refractivity contribution is -0.138. The lowest BCUT2D eigenvalue weighted by Crippen LogP contribution is -2.25. The minimum Gasteiger partial charge on any atom is -0.480 e. The second-order valence-electron chi connectivity index (χ2n) is 3.21. The second-order valence-corrected chi connectivity index (χ2v) is 3.21. The monoisotopic (exact) mass is 227 g/mol. The number of carbonyl (C=O) groups is 1. The summed E-state index contributed by atoms with van der Waals surface area (Å²) in [5.41, 5.74) is 6.43. The number of nitrogens with two attached hydrogens (primary N) is 1. The first-order valence-electron chi connectivity index (χ1n) is 4.79. The standard InChI is InChI=1S/C8H10O2.C3H7NO2/c9-5-7-3-1-2-4-8(7)6-10;1-2(4)3(5)6/h1-4,9-10H,5-6H2;2H,4H2,1H3,(H,5,6)/t;2-/m.0/s1. The first-order chi connectivity index (χ1) is 7.52. The van der Waals surface area contributed by atoms with Crippen molar-refractivity contribution < 1.29 is 20.1 Å². The number of carboxylic acid groups (broad SMARTS) is 1. The normalized spacial score (nSPS) is 11.2. The predicted molar refractivity (Wildman–Crippen MR) is 59.6 cm³/mol. The minimum absolute atomic E-state index is 0.00324. The molecule has 5 heteroatoms. The predicted octanol–water partition coefficient (Wildman–Crippen LogP) is 0.0894. The lowest BCUT2D eigenvalue weighted by atomic mass is 10.1. The molecule has 0 bridgehead atoms. The minimum atomic E-state index is -0.963. The highest BCUT2D eigenvalue weighted by Gasteiger charge is 1.99. The summed E-state index contributed by atoms with van der Waals surface area (Å²) in [7, 11) is 0. The van der Waals surface area contributed by atoms with E-state index in [1.807, 2.05) is 12.1 Å². The molecule has 0 saturated carbocycles. The van der Waals surface area contributed by atoms with E-state index in [0.717, 1.165) is 11.1 Å². The molecule has 1 aromatic carbocycles. The summed E-state index contributed by atoms with van der Waals surface area (Å²) in [6.07, 6.45) is 0. The number of aliphatic hydroxyl groups excluding tert-OH is 2.